The minimum atomic E-state index is -0.138. The van der Waals surface area contributed by atoms with Crippen molar-refractivity contribution in [2.24, 2.45) is 17.8 Å². The van der Waals surface area contributed by atoms with E-state index in [-0.39, 0.29) is 16.7 Å². The van der Waals surface area contributed by atoms with Crippen LogP contribution in [0.1, 0.15) is 57.2 Å². The zero-order valence-electron chi connectivity index (χ0n) is 16.0. The predicted octanol–water partition coefficient (Wildman–Crippen LogP) is 4.82. The second kappa shape index (κ2) is 6.73. The molecule has 4 nitrogen and oxygen atoms in total. The van der Waals surface area contributed by atoms with Crippen LogP contribution in [0.3, 0.4) is 0 Å². The van der Waals surface area contributed by atoms with E-state index in [1.165, 1.54) is 43.4 Å². The first-order valence-corrected chi connectivity index (χ1v) is 12.0. The van der Waals surface area contributed by atoms with Gasteiger partial charge in [0.2, 0.25) is 5.91 Å². The zero-order valence-corrected chi connectivity index (χ0v) is 17.7. The van der Waals surface area contributed by atoms with Crippen molar-refractivity contribution in [2.75, 3.05) is 0 Å². The van der Waals surface area contributed by atoms with Gasteiger partial charge in [-0.25, -0.2) is 9.97 Å². The predicted molar refractivity (Wildman–Crippen MR) is 111 cm³/mol. The van der Waals surface area contributed by atoms with Gasteiger partial charge >= 0.3 is 0 Å². The van der Waals surface area contributed by atoms with E-state index in [0.717, 1.165) is 39.4 Å². The summed E-state index contributed by atoms with van der Waals surface area (Å²) in [5.41, 5.74) is 0.0827. The molecule has 4 aliphatic carbocycles. The Morgan fingerprint density at radius 1 is 1.26 bits per heavy atom. The molecule has 4 bridgehead atoms. The van der Waals surface area contributed by atoms with Crippen molar-refractivity contribution in [3.63, 3.8) is 0 Å². The highest BCUT2D eigenvalue weighted by Gasteiger charge is 2.51. The summed E-state index contributed by atoms with van der Waals surface area (Å²) in [6.07, 6.45) is 10.4. The van der Waals surface area contributed by atoms with Crippen LogP contribution in [0.2, 0.25) is 0 Å². The Morgan fingerprint density at radius 2 is 1.93 bits per heavy atom. The highest BCUT2D eigenvalue weighted by molar-refractivity contribution is 8.00. The van der Waals surface area contributed by atoms with Gasteiger partial charge < -0.3 is 5.32 Å². The molecule has 0 aliphatic heterocycles. The molecular formula is C21H27N3OS2. The summed E-state index contributed by atoms with van der Waals surface area (Å²) in [6.45, 7) is 4.17. The Bertz CT molecular complexity index is 842. The maximum absolute atomic E-state index is 13.1. The molecule has 6 rings (SSSR count). The molecule has 4 saturated carbocycles. The molecular weight excluding hydrogens is 374 g/mol. The maximum Gasteiger partial charge on any atom is 0.233 e. The Balaban J connectivity index is 1.31. The van der Waals surface area contributed by atoms with E-state index < -0.39 is 0 Å². The molecule has 144 valence electrons. The third-order valence-electron chi connectivity index (χ3n) is 6.78. The number of hydrogen-bond donors (Lipinski definition) is 1. The second-order valence-electron chi connectivity index (χ2n) is 8.91. The van der Waals surface area contributed by atoms with Gasteiger partial charge in [-0.05, 0) is 75.7 Å². The summed E-state index contributed by atoms with van der Waals surface area (Å²) >= 11 is 3.30. The topological polar surface area (TPSA) is 54.9 Å². The fourth-order valence-corrected chi connectivity index (χ4v) is 7.89. The molecule has 1 unspecified atom stereocenters. The summed E-state index contributed by atoms with van der Waals surface area (Å²) in [7, 11) is 0. The molecule has 0 spiro atoms. The molecule has 27 heavy (non-hydrogen) atoms. The SMILES string of the molecule is CCc1cc2c(SC(C)C(=O)NC34CC5CC(CC(C5)C3)C4)ncnc2s1. The molecule has 0 saturated heterocycles. The lowest BCUT2D eigenvalue weighted by atomic mass is 9.53. The van der Waals surface area contributed by atoms with Gasteiger partial charge in [0.15, 0.2) is 0 Å². The number of carbonyl (C=O) groups is 1. The van der Waals surface area contributed by atoms with Crippen molar-refractivity contribution in [3.05, 3.63) is 17.3 Å². The van der Waals surface area contributed by atoms with Gasteiger partial charge in [0.05, 0.1) is 5.25 Å². The number of thioether (sulfide) groups is 1. The minimum Gasteiger partial charge on any atom is -0.350 e. The van der Waals surface area contributed by atoms with Gasteiger partial charge in [0.1, 0.15) is 16.2 Å². The van der Waals surface area contributed by atoms with Crippen LogP contribution in [-0.4, -0.2) is 26.7 Å². The Hall–Kier alpha value is -1.14. The average Bonchev–Trinajstić information content (AvgIpc) is 3.04. The highest BCUT2D eigenvalue weighted by atomic mass is 32.2. The second-order valence-corrected chi connectivity index (χ2v) is 11.4. The van der Waals surface area contributed by atoms with Crippen LogP contribution in [0.15, 0.2) is 17.4 Å². The van der Waals surface area contributed by atoms with E-state index in [2.05, 4.69) is 28.3 Å². The largest absolute Gasteiger partial charge is 0.350 e. The van der Waals surface area contributed by atoms with Crippen molar-refractivity contribution in [1.29, 1.82) is 0 Å². The molecule has 0 aromatic carbocycles. The lowest BCUT2D eigenvalue weighted by Gasteiger charge is -2.57. The number of hydrogen-bond acceptors (Lipinski definition) is 5. The molecule has 0 radical (unpaired) electrons. The summed E-state index contributed by atoms with van der Waals surface area (Å²) in [5, 5.41) is 5.40. The van der Waals surface area contributed by atoms with Crippen molar-refractivity contribution < 1.29 is 4.79 Å². The van der Waals surface area contributed by atoms with Crippen LogP contribution in [-0.2, 0) is 11.2 Å². The summed E-state index contributed by atoms with van der Waals surface area (Å²) < 4.78 is 0. The molecule has 2 aromatic heterocycles. The van der Waals surface area contributed by atoms with Crippen LogP contribution >= 0.6 is 23.1 Å². The Kier molecular flexibility index (Phi) is 4.47. The summed E-state index contributed by atoms with van der Waals surface area (Å²) in [6, 6.07) is 2.19. The lowest BCUT2D eigenvalue weighted by Crippen LogP contribution is -2.60. The van der Waals surface area contributed by atoms with Crippen LogP contribution in [0.4, 0.5) is 0 Å². The third-order valence-corrected chi connectivity index (χ3v) is 9.08. The van der Waals surface area contributed by atoms with Crippen molar-refractivity contribution in [1.82, 2.24) is 15.3 Å². The Labute approximate surface area is 168 Å². The van der Waals surface area contributed by atoms with E-state index in [0.29, 0.717) is 0 Å². The fraction of sp³-hybridized carbons (Fsp3) is 0.667. The molecule has 1 amide bonds. The van der Waals surface area contributed by atoms with Gasteiger partial charge in [-0.1, -0.05) is 18.7 Å². The minimum absolute atomic E-state index is 0.0827. The molecule has 1 N–H and O–H groups in total. The number of aryl methyl sites for hydroxylation is 1. The fourth-order valence-electron chi connectivity index (χ4n) is 6.00. The normalized spacial score (nSPS) is 32.7. The quantitative estimate of drug-likeness (QED) is 0.576. The molecule has 4 aliphatic rings. The van der Waals surface area contributed by atoms with Crippen molar-refractivity contribution in [3.8, 4) is 0 Å². The number of nitrogens with one attached hydrogen (secondary N) is 1. The zero-order chi connectivity index (χ0) is 18.6. The molecule has 4 fully saturated rings. The molecule has 6 heteroatoms. The van der Waals surface area contributed by atoms with Crippen molar-refractivity contribution >= 4 is 39.2 Å². The first-order valence-electron chi connectivity index (χ1n) is 10.3. The van der Waals surface area contributed by atoms with Gasteiger partial charge in [0.25, 0.3) is 0 Å². The monoisotopic (exact) mass is 401 g/mol. The number of thiophene rings is 1. The van der Waals surface area contributed by atoms with E-state index in [1.54, 1.807) is 29.4 Å². The average molecular weight is 402 g/mol. The van der Waals surface area contributed by atoms with E-state index in [1.807, 2.05) is 6.92 Å². The number of rotatable bonds is 5. The number of aromatic nitrogens is 2. The van der Waals surface area contributed by atoms with Crippen LogP contribution in [0.25, 0.3) is 10.2 Å². The van der Waals surface area contributed by atoms with Gasteiger partial charge in [-0.15, -0.1) is 11.3 Å². The maximum atomic E-state index is 13.1. The van der Waals surface area contributed by atoms with Gasteiger partial charge in [-0.2, -0.15) is 0 Å². The number of fused-ring (bicyclic) bond motifs is 1. The smallest absolute Gasteiger partial charge is 0.233 e. The van der Waals surface area contributed by atoms with Gasteiger partial charge in [0, 0.05) is 15.8 Å². The number of carbonyl (C=O) groups excluding carboxylic acids is 1. The van der Waals surface area contributed by atoms with Gasteiger partial charge in [-0.3, -0.25) is 4.79 Å². The Morgan fingerprint density at radius 3 is 2.56 bits per heavy atom. The van der Waals surface area contributed by atoms with Crippen LogP contribution < -0.4 is 5.32 Å². The number of nitrogens with zero attached hydrogens (tertiary/aromatic N) is 2. The van der Waals surface area contributed by atoms with Crippen LogP contribution in [0.5, 0.6) is 0 Å². The molecule has 2 heterocycles. The van der Waals surface area contributed by atoms with E-state index >= 15 is 0 Å². The summed E-state index contributed by atoms with van der Waals surface area (Å²) in [5.74, 6) is 2.72. The van der Waals surface area contributed by atoms with E-state index in [9.17, 15) is 4.79 Å². The lowest BCUT2D eigenvalue weighted by molar-refractivity contribution is -0.126. The highest BCUT2D eigenvalue weighted by Crippen LogP contribution is 2.55. The summed E-state index contributed by atoms with van der Waals surface area (Å²) in [4.78, 5) is 24.3. The first kappa shape index (κ1) is 17.9. The number of amides is 1. The molecule has 1 atom stereocenters. The first-order chi connectivity index (χ1) is 13.0. The van der Waals surface area contributed by atoms with Crippen LogP contribution in [0, 0.1) is 17.8 Å². The standard InChI is InChI=1S/C21H27N3OS2/c1-3-16-7-17-19(22-11-23-20(17)27-16)26-12(2)18(25)24-21-8-13-4-14(9-21)6-15(5-13)10-21/h7,11-15H,3-6,8-10H2,1-2H3,(H,24,25). The van der Waals surface area contributed by atoms with E-state index in [4.69, 9.17) is 0 Å². The third kappa shape index (κ3) is 3.29. The molecule has 2 aromatic rings. The van der Waals surface area contributed by atoms with Crippen molar-refractivity contribution in [2.45, 2.75) is 74.6 Å².